The molecule has 1 saturated heterocycles. The van der Waals surface area contributed by atoms with Crippen LogP contribution in [0.25, 0.3) is 0 Å². The van der Waals surface area contributed by atoms with Gasteiger partial charge in [-0.1, -0.05) is 0 Å². The molecule has 2 rings (SSSR count). The molecule has 5 nitrogen and oxygen atoms in total. The van der Waals surface area contributed by atoms with Crippen LogP contribution >= 0.6 is 0 Å². The second-order valence-corrected chi connectivity index (χ2v) is 7.40. The van der Waals surface area contributed by atoms with Gasteiger partial charge in [-0.3, -0.25) is 4.79 Å². The molecule has 0 saturated carbocycles. The molecule has 138 valence electrons. The number of hydrogen-bond donors (Lipinski definition) is 1. The molecule has 1 aliphatic rings. The van der Waals surface area contributed by atoms with E-state index in [-0.39, 0.29) is 17.3 Å². The molecule has 0 aromatic heterocycles. The average Bonchev–Trinajstić information content (AvgIpc) is 2.67. The Morgan fingerprint density at radius 3 is 2.24 bits per heavy atom. The molecule has 1 aromatic carbocycles. The highest BCUT2D eigenvalue weighted by atomic mass is 19.1. The molecule has 1 heterocycles. The zero-order chi connectivity index (χ0) is 19.0. The minimum absolute atomic E-state index is 0.0462. The first kappa shape index (κ1) is 19.7. The molecule has 0 spiro atoms. The molecule has 0 bridgehead atoms. The monoisotopic (exact) mass is 355 g/mol. The van der Waals surface area contributed by atoms with Crippen molar-refractivity contribution < 1.29 is 27.6 Å². The Labute approximate surface area is 147 Å². The first-order valence-corrected chi connectivity index (χ1v) is 8.19. The fraction of sp³-hybridized carbons (Fsp3) is 0.588. The molecule has 0 atom stereocenters. The molecule has 0 unspecified atom stereocenters. The van der Waals surface area contributed by atoms with E-state index in [1.54, 1.807) is 13.8 Å². The molecule has 25 heavy (non-hydrogen) atoms. The molecule has 1 aliphatic heterocycles. The predicted molar refractivity (Wildman–Crippen MR) is 90.8 cm³/mol. The van der Waals surface area contributed by atoms with Crippen molar-refractivity contribution in [1.82, 2.24) is 5.32 Å². The van der Waals surface area contributed by atoms with Gasteiger partial charge in [0.25, 0.3) is 5.91 Å². The largest absolute Gasteiger partial charge is 0.497 e. The number of rotatable bonds is 5. The Bertz CT molecular complexity index is 648. The summed E-state index contributed by atoms with van der Waals surface area (Å²) in [6.45, 7) is 10.5. The number of hydrogen-bond acceptors (Lipinski definition) is 4. The maximum absolute atomic E-state index is 14.4. The fourth-order valence-electron chi connectivity index (χ4n) is 2.31. The van der Waals surface area contributed by atoms with Crippen LogP contribution in [0.4, 0.5) is 8.78 Å². The molecule has 8 heteroatoms. The van der Waals surface area contributed by atoms with Gasteiger partial charge in [-0.25, -0.2) is 8.78 Å². The molecule has 1 amide bonds. The standard InChI is InChI=1S/C17H24BF2NO4/c1-10(2)21-15(22)9-23-14-8-12(19)11(7-13(14)20)18-24-16(3,4)17(5,6)25-18/h7-8,10H,9H2,1-6H3,(H,21,22). The first-order chi connectivity index (χ1) is 11.4. The fourth-order valence-corrected chi connectivity index (χ4v) is 2.31. The van der Waals surface area contributed by atoms with Crippen LogP contribution < -0.4 is 15.5 Å². The SMILES string of the molecule is CC(C)NC(=O)COc1cc(F)c(B2OC(C)(C)C(C)(C)O2)cc1F. The lowest BCUT2D eigenvalue weighted by Crippen LogP contribution is -2.41. The second kappa shape index (κ2) is 6.92. The van der Waals surface area contributed by atoms with Gasteiger partial charge in [-0.15, -0.1) is 0 Å². The number of carbonyl (C=O) groups is 1. The van der Waals surface area contributed by atoms with Crippen LogP contribution in [0.3, 0.4) is 0 Å². The van der Waals surface area contributed by atoms with E-state index in [1.807, 2.05) is 27.7 Å². The van der Waals surface area contributed by atoms with Crippen molar-refractivity contribution in [2.24, 2.45) is 0 Å². The van der Waals surface area contributed by atoms with Crippen LogP contribution in [-0.2, 0) is 14.1 Å². The van der Waals surface area contributed by atoms with E-state index in [4.69, 9.17) is 14.0 Å². The minimum atomic E-state index is -1.02. The van der Waals surface area contributed by atoms with Crippen LogP contribution in [0.1, 0.15) is 41.5 Å². The summed E-state index contributed by atoms with van der Waals surface area (Å²) >= 11 is 0. The van der Waals surface area contributed by atoms with Gasteiger partial charge in [-0.05, 0) is 47.6 Å². The number of nitrogens with one attached hydrogen (secondary N) is 1. The Morgan fingerprint density at radius 2 is 1.72 bits per heavy atom. The van der Waals surface area contributed by atoms with Crippen LogP contribution in [0.2, 0.25) is 0 Å². The van der Waals surface area contributed by atoms with E-state index in [2.05, 4.69) is 5.32 Å². The Balaban J connectivity index is 2.14. The van der Waals surface area contributed by atoms with Gasteiger partial charge in [0.1, 0.15) is 5.82 Å². The van der Waals surface area contributed by atoms with Crippen molar-refractivity contribution in [2.75, 3.05) is 6.61 Å². The van der Waals surface area contributed by atoms with Crippen molar-refractivity contribution in [3.8, 4) is 5.75 Å². The van der Waals surface area contributed by atoms with E-state index in [9.17, 15) is 13.6 Å². The van der Waals surface area contributed by atoms with Crippen molar-refractivity contribution in [2.45, 2.75) is 58.8 Å². The predicted octanol–water partition coefficient (Wildman–Crippen LogP) is 2.17. The van der Waals surface area contributed by atoms with E-state index in [0.717, 1.165) is 12.1 Å². The number of benzene rings is 1. The molecular weight excluding hydrogens is 331 g/mol. The summed E-state index contributed by atoms with van der Waals surface area (Å²) < 4.78 is 45.2. The number of amides is 1. The van der Waals surface area contributed by atoms with E-state index in [0.29, 0.717) is 0 Å². The summed E-state index contributed by atoms with van der Waals surface area (Å²) in [7, 11) is -1.02. The average molecular weight is 355 g/mol. The summed E-state index contributed by atoms with van der Waals surface area (Å²) in [4.78, 5) is 11.5. The second-order valence-electron chi connectivity index (χ2n) is 7.40. The number of ether oxygens (including phenoxy) is 1. The van der Waals surface area contributed by atoms with Gasteiger partial charge in [0.2, 0.25) is 0 Å². The van der Waals surface area contributed by atoms with E-state index >= 15 is 0 Å². The number of carbonyl (C=O) groups excluding carboxylic acids is 1. The summed E-state index contributed by atoms with van der Waals surface area (Å²) in [5.41, 5.74) is -1.37. The summed E-state index contributed by atoms with van der Waals surface area (Å²) in [6.07, 6.45) is 0. The zero-order valence-corrected chi connectivity index (χ0v) is 15.4. The summed E-state index contributed by atoms with van der Waals surface area (Å²) in [5, 5.41) is 2.60. The Kier molecular flexibility index (Phi) is 5.44. The van der Waals surface area contributed by atoms with Crippen molar-refractivity contribution >= 4 is 18.5 Å². The molecule has 1 N–H and O–H groups in total. The topological polar surface area (TPSA) is 56.8 Å². The molecular formula is C17H24BF2NO4. The summed E-state index contributed by atoms with van der Waals surface area (Å²) in [5.74, 6) is -2.26. The van der Waals surface area contributed by atoms with Crippen molar-refractivity contribution in [3.63, 3.8) is 0 Å². The van der Waals surface area contributed by atoms with Gasteiger partial charge in [0, 0.05) is 17.6 Å². The summed E-state index contributed by atoms with van der Waals surface area (Å²) in [6, 6.07) is 1.81. The van der Waals surface area contributed by atoms with Gasteiger partial charge >= 0.3 is 7.12 Å². The maximum Gasteiger partial charge on any atom is 0.497 e. The third kappa shape index (κ3) is 4.30. The smallest absolute Gasteiger partial charge is 0.481 e. The lowest BCUT2D eigenvalue weighted by atomic mass is 9.78. The van der Waals surface area contributed by atoms with Crippen LogP contribution in [0.15, 0.2) is 12.1 Å². The highest BCUT2D eigenvalue weighted by molar-refractivity contribution is 6.62. The maximum atomic E-state index is 14.4. The Hall–Kier alpha value is -1.67. The quantitative estimate of drug-likeness (QED) is 0.823. The highest BCUT2D eigenvalue weighted by Crippen LogP contribution is 2.36. The first-order valence-electron chi connectivity index (χ1n) is 8.19. The molecule has 0 aliphatic carbocycles. The van der Waals surface area contributed by atoms with Crippen LogP contribution in [0.5, 0.6) is 5.75 Å². The van der Waals surface area contributed by atoms with Gasteiger partial charge < -0.3 is 19.4 Å². The number of halogens is 2. The van der Waals surface area contributed by atoms with Gasteiger partial charge in [0.15, 0.2) is 18.2 Å². The normalized spacial score (nSPS) is 18.5. The van der Waals surface area contributed by atoms with Crippen molar-refractivity contribution in [3.05, 3.63) is 23.8 Å². The zero-order valence-electron chi connectivity index (χ0n) is 15.4. The third-order valence-corrected chi connectivity index (χ3v) is 4.37. The van der Waals surface area contributed by atoms with Gasteiger partial charge in [0.05, 0.1) is 11.2 Å². The minimum Gasteiger partial charge on any atom is -0.481 e. The highest BCUT2D eigenvalue weighted by Gasteiger charge is 2.52. The lowest BCUT2D eigenvalue weighted by molar-refractivity contribution is -0.123. The molecule has 1 aromatic rings. The van der Waals surface area contributed by atoms with E-state index in [1.165, 1.54) is 0 Å². The van der Waals surface area contributed by atoms with Crippen LogP contribution in [0, 0.1) is 11.6 Å². The van der Waals surface area contributed by atoms with E-state index < -0.39 is 42.5 Å². The molecule has 1 fully saturated rings. The molecule has 0 radical (unpaired) electrons. The van der Waals surface area contributed by atoms with Gasteiger partial charge in [-0.2, -0.15) is 0 Å². The van der Waals surface area contributed by atoms with Crippen LogP contribution in [-0.4, -0.2) is 36.9 Å². The van der Waals surface area contributed by atoms with Crippen molar-refractivity contribution in [1.29, 1.82) is 0 Å². The Morgan fingerprint density at radius 1 is 1.16 bits per heavy atom. The third-order valence-electron chi connectivity index (χ3n) is 4.37. The lowest BCUT2D eigenvalue weighted by Gasteiger charge is -2.32.